The first kappa shape index (κ1) is 12.0. The summed E-state index contributed by atoms with van der Waals surface area (Å²) in [6.07, 6.45) is -0.0242. The van der Waals surface area contributed by atoms with Gasteiger partial charge in [-0.2, -0.15) is 0 Å². The number of hydrogen-bond donors (Lipinski definition) is 0. The van der Waals surface area contributed by atoms with Crippen molar-refractivity contribution in [2.75, 3.05) is 0 Å². The predicted octanol–water partition coefficient (Wildman–Crippen LogP) is 4.19. The standard InChI is InChI=1S/C17H17NO/c1-17(2)15(13-9-5-3-6-10-13)18-19-16(17)14-11-7-4-8-12-14/h3-12,16H,1-2H3. The Bertz CT molecular complexity index is 587. The molecule has 1 heterocycles. The van der Waals surface area contributed by atoms with Crippen LogP contribution in [0.1, 0.15) is 31.1 Å². The van der Waals surface area contributed by atoms with E-state index in [1.165, 1.54) is 5.56 Å². The zero-order valence-electron chi connectivity index (χ0n) is 11.2. The fourth-order valence-electron chi connectivity index (χ4n) is 2.61. The molecule has 0 amide bonds. The first-order chi connectivity index (χ1) is 9.19. The minimum Gasteiger partial charge on any atom is -0.386 e. The fourth-order valence-corrected chi connectivity index (χ4v) is 2.61. The lowest BCUT2D eigenvalue weighted by molar-refractivity contribution is 0.0356. The highest BCUT2D eigenvalue weighted by molar-refractivity contribution is 6.05. The zero-order valence-corrected chi connectivity index (χ0v) is 11.2. The van der Waals surface area contributed by atoms with Crippen molar-refractivity contribution in [2.24, 2.45) is 10.6 Å². The summed E-state index contributed by atoms with van der Waals surface area (Å²) in [4.78, 5) is 5.71. The number of hydrogen-bond acceptors (Lipinski definition) is 2. The third kappa shape index (κ3) is 2.03. The van der Waals surface area contributed by atoms with E-state index in [0.717, 1.165) is 11.3 Å². The first-order valence-electron chi connectivity index (χ1n) is 6.54. The van der Waals surface area contributed by atoms with Gasteiger partial charge in [-0.1, -0.05) is 79.7 Å². The molecule has 0 saturated carbocycles. The molecule has 1 aliphatic heterocycles. The highest BCUT2D eigenvalue weighted by Crippen LogP contribution is 2.44. The van der Waals surface area contributed by atoms with Gasteiger partial charge in [0.15, 0.2) is 6.10 Å². The summed E-state index contributed by atoms with van der Waals surface area (Å²) in [5, 5.41) is 4.33. The molecule has 0 N–H and O–H groups in total. The van der Waals surface area contributed by atoms with Crippen LogP contribution in [0.3, 0.4) is 0 Å². The number of rotatable bonds is 2. The summed E-state index contributed by atoms with van der Waals surface area (Å²) in [5.41, 5.74) is 3.18. The van der Waals surface area contributed by atoms with Crippen molar-refractivity contribution in [1.82, 2.24) is 0 Å². The summed E-state index contributed by atoms with van der Waals surface area (Å²) >= 11 is 0. The van der Waals surface area contributed by atoms with E-state index in [1.807, 2.05) is 36.4 Å². The molecule has 2 aromatic carbocycles. The van der Waals surface area contributed by atoms with Gasteiger partial charge in [-0.15, -0.1) is 0 Å². The predicted molar refractivity (Wildman–Crippen MR) is 77.0 cm³/mol. The van der Waals surface area contributed by atoms with Crippen molar-refractivity contribution < 1.29 is 4.84 Å². The number of oxime groups is 1. The van der Waals surface area contributed by atoms with Gasteiger partial charge in [0.2, 0.25) is 0 Å². The van der Waals surface area contributed by atoms with Gasteiger partial charge in [-0.05, 0) is 5.56 Å². The molecule has 3 rings (SSSR count). The van der Waals surface area contributed by atoms with E-state index in [0.29, 0.717) is 0 Å². The Hall–Kier alpha value is -2.09. The molecule has 1 aliphatic rings. The summed E-state index contributed by atoms with van der Waals surface area (Å²) in [7, 11) is 0. The molecule has 2 aromatic rings. The topological polar surface area (TPSA) is 21.6 Å². The van der Waals surface area contributed by atoms with Crippen molar-refractivity contribution in [1.29, 1.82) is 0 Å². The smallest absolute Gasteiger partial charge is 0.163 e. The lowest BCUT2D eigenvalue weighted by Crippen LogP contribution is -2.27. The molecular weight excluding hydrogens is 234 g/mol. The Labute approximate surface area is 113 Å². The van der Waals surface area contributed by atoms with Crippen LogP contribution in [0, 0.1) is 5.41 Å². The summed E-state index contributed by atoms with van der Waals surface area (Å²) in [5.74, 6) is 0. The van der Waals surface area contributed by atoms with Crippen LogP contribution in [0.5, 0.6) is 0 Å². The molecule has 19 heavy (non-hydrogen) atoms. The van der Waals surface area contributed by atoms with Gasteiger partial charge >= 0.3 is 0 Å². The quantitative estimate of drug-likeness (QED) is 0.784. The van der Waals surface area contributed by atoms with Crippen LogP contribution in [0.15, 0.2) is 65.8 Å². The van der Waals surface area contributed by atoms with E-state index in [-0.39, 0.29) is 11.5 Å². The number of nitrogens with zero attached hydrogens (tertiary/aromatic N) is 1. The molecular formula is C17H17NO. The molecule has 0 spiro atoms. The van der Waals surface area contributed by atoms with Crippen LogP contribution in [-0.4, -0.2) is 5.71 Å². The molecule has 0 aliphatic carbocycles. The Kier molecular flexibility index (Phi) is 2.86. The maximum atomic E-state index is 5.71. The van der Waals surface area contributed by atoms with E-state index in [4.69, 9.17) is 4.84 Å². The van der Waals surface area contributed by atoms with Gasteiger partial charge in [-0.3, -0.25) is 0 Å². The highest BCUT2D eigenvalue weighted by atomic mass is 16.6. The average molecular weight is 251 g/mol. The van der Waals surface area contributed by atoms with Gasteiger partial charge in [0.05, 0.1) is 11.1 Å². The molecule has 0 radical (unpaired) electrons. The third-order valence-electron chi connectivity index (χ3n) is 3.66. The lowest BCUT2D eigenvalue weighted by Gasteiger charge is -2.26. The second-order valence-electron chi connectivity index (χ2n) is 5.42. The van der Waals surface area contributed by atoms with Crippen LogP contribution in [0.25, 0.3) is 0 Å². The minimum atomic E-state index is -0.136. The Morgan fingerprint density at radius 2 is 1.47 bits per heavy atom. The second-order valence-corrected chi connectivity index (χ2v) is 5.42. The molecule has 0 fully saturated rings. The van der Waals surface area contributed by atoms with Crippen molar-refractivity contribution >= 4 is 5.71 Å². The van der Waals surface area contributed by atoms with Crippen molar-refractivity contribution in [3.05, 3.63) is 71.8 Å². The van der Waals surface area contributed by atoms with Gasteiger partial charge in [0.1, 0.15) is 0 Å². The van der Waals surface area contributed by atoms with Gasteiger partial charge in [-0.25, -0.2) is 0 Å². The van der Waals surface area contributed by atoms with Crippen molar-refractivity contribution in [2.45, 2.75) is 20.0 Å². The van der Waals surface area contributed by atoms with Crippen LogP contribution < -0.4 is 0 Å². The van der Waals surface area contributed by atoms with Gasteiger partial charge in [0, 0.05) is 5.56 Å². The molecule has 2 heteroatoms. The summed E-state index contributed by atoms with van der Waals surface area (Å²) < 4.78 is 0. The van der Waals surface area contributed by atoms with Gasteiger partial charge < -0.3 is 4.84 Å². The average Bonchev–Trinajstić information content (AvgIpc) is 2.76. The Balaban J connectivity index is 1.96. The van der Waals surface area contributed by atoms with Crippen LogP contribution in [-0.2, 0) is 4.84 Å². The zero-order chi connectivity index (χ0) is 13.3. The normalized spacial score (nSPS) is 20.7. The molecule has 1 atom stereocenters. The van der Waals surface area contributed by atoms with E-state index >= 15 is 0 Å². The lowest BCUT2D eigenvalue weighted by atomic mass is 9.77. The molecule has 96 valence electrons. The van der Waals surface area contributed by atoms with Crippen LogP contribution >= 0.6 is 0 Å². The SMILES string of the molecule is CC1(C)C(c2ccccc2)=NOC1c1ccccc1. The minimum absolute atomic E-state index is 0.0242. The van der Waals surface area contributed by atoms with Crippen molar-refractivity contribution in [3.63, 3.8) is 0 Å². The Morgan fingerprint density at radius 1 is 0.895 bits per heavy atom. The summed E-state index contributed by atoms with van der Waals surface area (Å²) in [6, 6.07) is 20.5. The molecule has 0 saturated heterocycles. The third-order valence-corrected chi connectivity index (χ3v) is 3.66. The Morgan fingerprint density at radius 3 is 2.11 bits per heavy atom. The van der Waals surface area contributed by atoms with E-state index in [9.17, 15) is 0 Å². The molecule has 2 nitrogen and oxygen atoms in total. The number of benzene rings is 2. The van der Waals surface area contributed by atoms with Crippen molar-refractivity contribution in [3.8, 4) is 0 Å². The second kappa shape index (κ2) is 4.54. The summed E-state index contributed by atoms with van der Waals surface area (Å²) in [6.45, 7) is 4.37. The molecule has 0 bridgehead atoms. The van der Waals surface area contributed by atoms with E-state index < -0.39 is 0 Å². The van der Waals surface area contributed by atoms with Gasteiger partial charge in [0.25, 0.3) is 0 Å². The largest absolute Gasteiger partial charge is 0.386 e. The molecule has 0 aromatic heterocycles. The van der Waals surface area contributed by atoms with Crippen LogP contribution in [0.2, 0.25) is 0 Å². The van der Waals surface area contributed by atoms with E-state index in [1.54, 1.807) is 0 Å². The monoisotopic (exact) mass is 251 g/mol. The van der Waals surface area contributed by atoms with E-state index in [2.05, 4.69) is 43.3 Å². The fraction of sp³-hybridized carbons (Fsp3) is 0.235. The molecule has 1 unspecified atom stereocenters. The van der Waals surface area contributed by atoms with Crippen LogP contribution in [0.4, 0.5) is 0 Å². The maximum Gasteiger partial charge on any atom is 0.163 e. The first-order valence-corrected chi connectivity index (χ1v) is 6.54. The maximum absolute atomic E-state index is 5.71. The highest BCUT2D eigenvalue weighted by Gasteiger charge is 2.43.